The fraction of sp³-hybridized carbons (Fsp3) is 0.250. The van der Waals surface area contributed by atoms with Crippen molar-refractivity contribution in [3.8, 4) is 0 Å². The molecule has 0 aromatic heterocycles. The van der Waals surface area contributed by atoms with Gasteiger partial charge in [-0.25, -0.2) is 0 Å². The summed E-state index contributed by atoms with van der Waals surface area (Å²) in [5.74, 6) is 5.26. The Hall–Kier alpha value is -0.280. The Morgan fingerprint density at radius 3 is 2.25 bits per heavy atom. The Bertz CT molecular complexity index is 223. The lowest BCUT2D eigenvalue weighted by molar-refractivity contribution is 0.602. The Labute approximate surface area is 83.5 Å². The van der Waals surface area contributed by atoms with Crippen LogP contribution in [0, 0.1) is 0 Å². The molecule has 0 spiro atoms. The second-order valence-electron chi connectivity index (χ2n) is 2.44. The van der Waals surface area contributed by atoms with E-state index < -0.39 is 0 Å². The van der Waals surface area contributed by atoms with E-state index in [4.69, 9.17) is 17.4 Å². The van der Waals surface area contributed by atoms with E-state index >= 15 is 0 Å². The van der Waals surface area contributed by atoms with Gasteiger partial charge in [0.1, 0.15) is 0 Å². The molecule has 1 aromatic rings. The first-order valence-corrected chi connectivity index (χ1v) is 3.83. The molecule has 1 unspecified atom stereocenters. The standard InChI is InChI=1S/C8H11ClN2.ClH/c1-6(11-10)7-2-4-8(9)5-3-7;/h2-6,11H,10H2,1H3;1H. The first-order chi connectivity index (χ1) is 5.24. The highest BCUT2D eigenvalue weighted by atomic mass is 35.5. The van der Waals surface area contributed by atoms with E-state index in [0.29, 0.717) is 0 Å². The van der Waals surface area contributed by atoms with Gasteiger partial charge in [0.15, 0.2) is 0 Å². The van der Waals surface area contributed by atoms with Crippen molar-refractivity contribution in [2.45, 2.75) is 13.0 Å². The Balaban J connectivity index is 0.00000121. The Kier molecular flexibility index (Phi) is 5.25. The molecule has 4 heteroatoms. The summed E-state index contributed by atoms with van der Waals surface area (Å²) < 4.78 is 0. The number of nitrogens with two attached hydrogens (primary N) is 1. The van der Waals surface area contributed by atoms with E-state index in [1.165, 1.54) is 0 Å². The fourth-order valence-corrected chi connectivity index (χ4v) is 0.974. The van der Waals surface area contributed by atoms with Crippen LogP contribution in [-0.4, -0.2) is 0 Å². The molecule has 2 nitrogen and oxygen atoms in total. The molecule has 0 fully saturated rings. The highest BCUT2D eigenvalue weighted by molar-refractivity contribution is 6.30. The minimum Gasteiger partial charge on any atom is -0.271 e. The molecule has 0 amide bonds. The van der Waals surface area contributed by atoms with Crippen LogP contribution in [0.15, 0.2) is 24.3 Å². The van der Waals surface area contributed by atoms with Gasteiger partial charge in [0.2, 0.25) is 0 Å². The first kappa shape index (κ1) is 11.7. The fourth-order valence-electron chi connectivity index (χ4n) is 0.848. The van der Waals surface area contributed by atoms with Crippen LogP contribution in [0.5, 0.6) is 0 Å². The van der Waals surface area contributed by atoms with Gasteiger partial charge in [-0.2, -0.15) is 0 Å². The van der Waals surface area contributed by atoms with Gasteiger partial charge in [-0.1, -0.05) is 23.7 Å². The predicted molar refractivity (Wildman–Crippen MR) is 54.4 cm³/mol. The van der Waals surface area contributed by atoms with Crippen molar-refractivity contribution >= 4 is 24.0 Å². The van der Waals surface area contributed by atoms with Crippen LogP contribution in [0.2, 0.25) is 5.02 Å². The molecular formula is C8H12Cl2N2. The number of halogens is 2. The molecule has 0 aliphatic rings. The van der Waals surface area contributed by atoms with Crippen LogP contribution in [0.4, 0.5) is 0 Å². The highest BCUT2D eigenvalue weighted by Gasteiger charge is 2.00. The number of hydrogen-bond donors (Lipinski definition) is 2. The number of nitrogens with one attached hydrogen (secondary N) is 1. The molecule has 1 rings (SSSR count). The summed E-state index contributed by atoms with van der Waals surface area (Å²) in [6, 6.07) is 7.78. The lowest BCUT2D eigenvalue weighted by Crippen LogP contribution is -2.25. The van der Waals surface area contributed by atoms with Crippen LogP contribution in [0.25, 0.3) is 0 Å². The summed E-state index contributed by atoms with van der Waals surface area (Å²) in [5, 5.41) is 0.748. The topological polar surface area (TPSA) is 38.0 Å². The van der Waals surface area contributed by atoms with Crippen molar-refractivity contribution in [1.29, 1.82) is 0 Å². The molecule has 0 saturated carbocycles. The van der Waals surface area contributed by atoms with Crippen molar-refractivity contribution < 1.29 is 0 Å². The van der Waals surface area contributed by atoms with E-state index in [2.05, 4.69) is 5.43 Å². The number of benzene rings is 1. The lowest BCUT2D eigenvalue weighted by atomic mass is 10.1. The third-order valence-corrected chi connectivity index (χ3v) is 1.87. The molecule has 0 bridgehead atoms. The average molecular weight is 207 g/mol. The van der Waals surface area contributed by atoms with E-state index in [0.717, 1.165) is 10.6 Å². The molecule has 68 valence electrons. The predicted octanol–water partition coefficient (Wildman–Crippen LogP) is 2.29. The van der Waals surface area contributed by atoms with Gasteiger partial charge < -0.3 is 0 Å². The van der Waals surface area contributed by atoms with Gasteiger partial charge >= 0.3 is 0 Å². The molecule has 0 aliphatic heterocycles. The zero-order valence-electron chi connectivity index (χ0n) is 6.75. The number of hydrogen-bond acceptors (Lipinski definition) is 2. The van der Waals surface area contributed by atoms with Crippen LogP contribution in [-0.2, 0) is 0 Å². The molecule has 12 heavy (non-hydrogen) atoms. The van der Waals surface area contributed by atoms with Crippen molar-refractivity contribution in [3.05, 3.63) is 34.9 Å². The minimum absolute atomic E-state index is 0. The molecular weight excluding hydrogens is 195 g/mol. The largest absolute Gasteiger partial charge is 0.271 e. The van der Waals surface area contributed by atoms with Gasteiger partial charge in [0, 0.05) is 11.1 Å². The summed E-state index contributed by atoms with van der Waals surface area (Å²) in [4.78, 5) is 0. The first-order valence-electron chi connectivity index (χ1n) is 3.45. The van der Waals surface area contributed by atoms with E-state index in [9.17, 15) is 0 Å². The molecule has 1 aromatic carbocycles. The van der Waals surface area contributed by atoms with Gasteiger partial charge in [-0.05, 0) is 24.6 Å². The maximum absolute atomic E-state index is 5.71. The van der Waals surface area contributed by atoms with Crippen LogP contribution < -0.4 is 11.3 Å². The van der Waals surface area contributed by atoms with Crippen LogP contribution in [0.3, 0.4) is 0 Å². The summed E-state index contributed by atoms with van der Waals surface area (Å²) in [5.41, 5.74) is 3.79. The SMILES string of the molecule is CC(NN)c1ccc(Cl)cc1.Cl. The van der Waals surface area contributed by atoms with Crippen LogP contribution >= 0.6 is 24.0 Å². The van der Waals surface area contributed by atoms with Crippen molar-refractivity contribution in [3.63, 3.8) is 0 Å². The number of hydrazine groups is 1. The highest BCUT2D eigenvalue weighted by Crippen LogP contribution is 2.14. The third-order valence-electron chi connectivity index (χ3n) is 1.62. The normalized spacial score (nSPS) is 11.9. The molecule has 0 radical (unpaired) electrons. The second kappa shape index (κ2) is 5.38. The third kappa shape index (κ3) is 2.99. The van der Waals surface area contributed by atoms with Crippen molar-refractivity contribution in [2.24, 2.45) is 5.84 Å². The zero-order chi connectivity index (χ0) is 8.27. The minimum atomic E-state index is 0. The van der Waals surface area contributed by atoms with Gasteiger partial charge in [-0.3, -0.25) is 11.3 Å². The van der Waals surface area contributed by atoms with Crippen molar-refractivity contribution in [1.82, 2.24) is 5.43 Å². The summed E-state index contributed by atoms with van der Waals surface area (Å²) in [7, 11) is 0. The maximum Gasteiger partial charge on any atom is 0.0431 e. The second-order valence-corrected chi connectivity index (χ2v) is 2.88. The van der Waals surface area contributed by atoms with Gasteiger partial charge in [0.25, 0.3) is 0 Å². The molecule has 0 saturated heterocycles. The quantitative estimate of drug-likeness (QED) is 0.576. The van der Waals surface area contributed by atoms with E-state index in [1.54, 1.807) is 0 Å². The Morgan fingerprint density at radius 2 is 1.83 bits per heavy atom. The molecule has 1 atom stereocenters. The van der Waals surface area contributed by atoms with Gasteiger partial charge in [0.05, 0.1) is 0 Å². The molecule has 0 aliphatic carbocycles. The zero-order valence-corrected chi connectivity index (χ0v) is 8.32. The monoisotopic (exact) mass is 206 g/mol. The van der Waals surface area contributed by atoms with E-state index in [1.807, 2.05) is 31.2 Å². The Morgan fingerprint density at radius 1 is 1.33 bits per heavy atom. The van der Waals surface area contributed by atoms with E-state index in [-0.39, 0.29) is 18.4 Å². The maximum atomic E-state index is 5.71. The summed E-state index contributed by atoms with van der Waals surface area (Å²) >= 11 is 5.71. The number of rotatable bonds is 2. The molecule has 3 N–H and O–H groups in total. The summed E-state index contributed by atoms with van der Waals surface area (Å²) in [6.07, 6.45) is 0. The lowest BCUT2D eigenvalue weighted by Gasteiger charge is -2.09. The molecule has 0 heterocycles. The average Bonchev–Trinajstić information content (AvgIpc) is 2.05. The summed E-state index contributed by atoms with van der Waals surface area (Å²) in [6.45, 7) is 1.99. The van der Waals surface area contributed by atoms with Crippen LogP contribution in [0.1, 0.15) is 18.5 Å². The van der Waals surface area contributed by atoms with Crippen molar-refractivity contribution in [2.75, 3.05) is 0 Å². The van der Waals surface area contributed by atoms with Gasteiger partial charge in [-0.15, -0.1) is 12.4 Å². The smallest absolute Gasteiger partial charge is 0.0431 e.